The Morgan fingerprint density at radius 1 is 1.04 bits per heavy atom. The molecular weight excluding hydrogens is 338 g/mol. The average molecular weight is 354 g/mol. The number of nitrogens with one attached hydrogen (secondary N) is 1. The SMILES string of the molecule is Cc1ccc(NC(=O)c2cccn(Cc3ccccc3F)c2=O)cc1F. The first-order chi connectivity index (χ1) is 12.5. The van der Waals surface area contributed by atoms with Crippen LogP contribution < -0.4 is 10.9 Å². The zero-order valence-electron chi connectivity index (χ0n) is 14.0. The van der Waals surface area contributed by atoms with Crippen LogP contribution >= 0.6 is 0 Å². The van der Waals surface area contributed by atoms with E-state index in [-0.39, 0.29) is 17.8 Å². The highest BCUT2D eigenvalue weighted by molar-refractivity contribution is 6.03. The average Bonchev–Trinajstić information content (AvgIpc) is 2.61. The molecule has 2 aromatic carbocycles. The van der Waals surface area contributed by atoms with Gasteiger partial charge in [0.25, 0.3) is 11.5 Å². The van der Waals surface area contributed by atoms with E-state index in [2.05, 4.69) is 5.32 Å². The summed E-state index contributed by atoms with van der Waals surface area (Å²) in [7, 11) is 0. The largest absolute Gasteiger partial charge is 0.322 e. The van der Waals surface area contributed by atoms with Gasteiger partial charge in [-0.2, -0.15) is 0 Å². The molecular formula is C20H16F2N2O2. The minimum atomic E-state index is -0.652. The molecule has 3 aromatic rings. The van der Waals surface area contributed by atoms with E-state index in [0.717, 1.165) is 0 Å². The predicted octanol–water partition coefficient (Wildman–Crippen LogP) is 3.74. The van der Waals surface area contributed by atoms with Crippen molar-refractivity contribution in [1.82, 2.24) is 4.57 Å². The van der Waals surface area contributed by atoms with Gasteiger partial charge in [-0.25, -0.2) is 8.78 Å². The lowest BCUT2D eigenvalue weighted by atomic mass is 10.2. The van der Waals surface area contributed by atoms with Crippen LogP contribution in [0.3, 0.4) is 0 Å². The number of aromatic nitrogens is 1. The Morgan fingerprint density at radius 2 is 1.81 bits per heavy atom. The maximum Gasteiger partial charge on any atom is 0.263 e. The number of aryl methyl sites for hydroxylation is 1. The summed E-state index contributed by atoms with van der Waals surface area (Å²) in [5, 5.41) is 2.50. The Labute approximate surface area is 148 Å². The number of rotatable bonds is 4. The Bertz CT molecular complexity index is 1030. The summed E-state index contributed by atoms with van der Waals surface area (Å²) in [5.41, 5.74) is 0.385. The van der Waals surface area contributed by atoms with E-state index in [0.29, 0.717) is 11.1 Å². The maximum absolute atomic E-state index is 13.8. The molecule has 1 heterocycles. The highest BCUT2D eigenvalue weighted by Gasteiger charge is 2.14. The lowest BCUT2D eigenvalue weighted by Crippen LogP contribution is -2.29. The number of amides is 1. The lowest BCUT2D eigenvalue weighted by Gasteiger charge is -2.10. The van der Waals surface area contributed by atoms with Crippen molar-refractivity contribution in [2.45, 2.75) is 13.5 Å². The summed E-state index contributed by atoms with van der Waals surface area (Å²) < 4.78 is 28.6. The first kappa shape index (κ1) is 17.5. The Kier molecular flexibility index (Phi) is 4.93. The van der Waals surface area contributed by atoms with Gasteiger partial charge in [-0.05, 0) is 42.8 Å². The summed E-state index contributed by atoms with van der Waals surface area (Å²) in [5.74, 6) is -1.53. The fourth-order valence-corrected chi connectivity index (χ4v) is 2.51. The van der Waals surface area contributed by atoms with Gasteiger partial charge in [0, 0.05) is 17.4 Å². The molecule has 132 valence electrons. The van der Waals surface area contributed by atoms with Gasteiger partial charge in [-0.15, -0.1) is 0 Å². The van der Waals surface area contributed by atoms with Crippen molar-refractivity contribution in [2.24, 2.45) is 0 Å². The van der Waals surface area contributed by atoms with Gasteiger partial charge >= 0.3 is 0 Å². The lowest BCUT2D eigenvalue weighted by molar-refractivity contribution is 0.102. The minimum Gasteiger partial charge on any atom is -0.322 e. The maximum atomic E-state index is 13.8. The van der Waals surface area contributed by atoms with Crippen LogP contribution in [-0.2, 0) is 6.54 Å². The molecule has 0 radical (unpaired) electrons. The molecule has 0 fully saturated rings. The van der Waals surface area contributed by atoms with E-state index in [1.54, 1.807) is 31.2 Å². The third-order valence-electron chi connectivity index (χ3n) is 3.99. The third kappa shape index (κ3) is 3.69. The van der Waals surface area contributed by atoms with Crippen LogP contribution in [-0.4, -0.2) is 10.5 Å². The molecule has 0 aliphatic heterocycles. The molecule has 0 aliphatic carbocycles. The summed E-state index contributed by atoms with van der Waals surface area (Å²) in [4.78, 5) is 24.9. The number of pyridine rings is 1. The van der Waals surface area contributed by atoms with Crippen molar-refractivity contribution in [3.8, 4) is 0 Å². The molecule has 0 aliphatic rings. The molecule has 0 unspecified atom stereocenters. The van der Waals surface area contributed by atoms with Crippen LogP contribution in [0, 0.1) is 18.6 Å². The first-order valence-electron chi connectivity index (χ1n) is 7.96. The molecule has 6 heteroatoms. The molecule has 0 saturated heterocycles. The van der Waals surface area contributed by atoms with Crippen molar-refractivity contribution in [3.05, 3.63) is 99.5 Å². The number of hydrogen-bond acceptors (Lipinski definition) is 2. The monoisotopic (exact) mass is 354 g/mol. The van der Waals surface area contributed by atoms with E-state index in [4.69, 9.17) is 0 Å². The Hall–Kier alpha value is -3.28. The number of carbonyl (C=O) groups excluding carboxylic acids is 1. The molecule has 4 nitrogen and oxygen atoms in total. The highest BCUT2D eigenvalue weighted by atomic mass is 19.1. The van der Waals surface area contributed by atoms with E-state index in [9.17, 15) is 18.4 Å². The third-order valence-corrected chi connectivity index (χ3v) is 3.99. The van der Waals surface area contributed by atoms with E-state index >= 15 is 0 Å². The summed E-state index contributed by atoms with van der Waals surface area (Å²) in [6.45, 7) is 1.62. The Morgan fingerprint density at radius 3 is 2.54 bits per heavy atom. The predicted molar refractivity (Wildman–Crippen MR) is 95.3 cm³/mol. The number of hydrogen-bond donors (Lipinski definition) is 1. The minimum absolute atomic E-state index is 0.00574. The second-order valence-electron chi connectivity index (χ2n) is 5.86. The van der Waals surface area contributed by atoms with Crippen molar-refractivity contribution in [2.75, 3.05) is 5.32 Å². The molecule has 0 spiro atoms. The topological polar surface area (TPSA) is 51.1 Å². The van der Waals surface area contributed by atoms with Gasteiger partial charge in [-0.1, -0.05) is 24.3 Å². The van der Waals surface area contributed by atoms with Crippen LogP contribution in [0.25, 0.3) is 0 Å². The van der Waals surface area contributed by atoms with Crippen LogP contribution in [0.1, 0.15) is 21.5 Å². The summed E-state index contributed by atoms with van der Waals surface area (Å²) in [6, 6.07) is 13.3. The Balaban J connectivity index is 1.86. The molecule has 1 amide bonds. The number of anilines is 1. The zero-order valence-corrected chi connectivity index (χ0v) is 14.0. The van der Waals surface area contributed by atoms with Gasteiger partial charge in [0.1, 0.15) is 17.2 Å². The first-order valence-corrected chi connectivity index (χ1v) is 7.96. The summed E-state index contributed by atoms with van der Waals surface area (Å²) >= 11 is 0. The zero-order chi connectivity index (χ0) is 18.7. The molecule has 1 N–H and O–H groups in total. The fraction of sp³-hybridized carbons (Fsp3) is 0.100. The van der Waals surface area contributed by atoms with E-state index in [1.165, 1.54) is 41.1 Å². The van der Waals surface area contributed by atoms with E-state index in [1.807, 2.05) is 0 Å². The van der Waals surface area contributed by atoms with Crippen LogP contribution in [0.4, 0.5) is 14.5 Å². The molecule has 0 bridgehead atoms. The van der Waals surface area contributed by atoms with Gasteiger partial charge in [-0.3, -0.25) is 9.59 Å². The van der Waals surface area contributed by atoms with Crippen molar-refractivity contribution < 1.29 is 13.6 Å². The van der Waals surface area contributed by atoms with Gasteiger partial charge < -0.3 is 9.88 Å². The smallest absolute Gasteiger partial charge is 0.263 e. The number of halogens is 2. The summed E-state index contributed by atoms with van der Waals surface area (Å²) in [6.07, 6.45) is 1.48. The van der Waals surface area contributed by atoms with Crippen LogP contribution in [0.15, 0.2) is 65.6 Å². The number of carbonyl (C=O) groups is 1. The van der Waals surface area contributed by atoms with Gasteiger partial charge in [0.2, 0.25) is 0 Å². The molecule has 0 saturated carbocycles. The molecule has 1 aromatic heterocycles. The van der Waals surface area contributed by atoms with Gasteiger partial charge in [0.05, 0.1) is 6.54 Å². The van der Waals surface area contributed by atoms with Crippen molar-refractivity contribution in [1.29, 1.82) is 0 Å². The molecule has 26 heavy (non-hydrogen) atoms. The van der Waals surface area contributed by atoms with Crippen molar-refractivity contribution >= 4 is 11.6 Å². The van der Waals surface area contributed by atoms with Crippen molar-refractivity contribution in [3.63, 3.8) is 0 Å². The highest BCUT2D eigenvalue weighted by Crippen LogP contribution is 2.14. The molecule has 0 atom stereocenters. The molecule has 3 rings (SSSR count). The van der Waals surface area contributed by atoms with Crippen LogP contribution in [0.2, 0.25) is 0 Å². The normalized spacial score (nSPS) is 10.6. The quantitative estimate of drug-likeness (QED) is 0.776. The fourth-order valence-electron chi connectivity index (χ4n) is 2.51. The second-order valence-corrected chi connectivity index (χ2v) is 5.86. The standard InChI is InChI=1S/C20H16F2N2O2/c1-13-8-9-15(11-18(13)22)23-19(25)16-6-4-10-24(20(16)26)12-14-5-2-3-7-17(14)21/h2-11H,12H2,1H3,(H,23,25). The number of nitrogens with zero attached hydrogens (tertiary/aromatic N) is 1. The second kappa shape index (κ2) is 7.31. The van der Waals surface area contributed by atoms with Gasteiger partial charge in [0.15, 0.2) is 0 Å². The van der Waals surface area contributed by atoms with Crippen LogP contribution in [0.5, 0.6) is 0 Å². The number of benzene rings is 2. The van der Waals surface area contributed by atoms with E-state index < -0.39 is 23.1 Å².